The highest BCUT2D eigenvalue weighted by molar-refractivity contribution is 5.89. The highest BCUT2D eigenvalue weighted by Crippen LogP contribution is 2.03. The maximum atomic E-state index is 11.5. The number of hydrogen-bond donors (Lipinski definition) is 0. The van der Waals surface area contributed by atoms with Crippen LogP contribution in [0.25, 0.3) is 5.65 Å². The van der Waals surface area contributed by atoms with Gasteiger partial charge in [-0.2, -0.15) is 0 Å². The molecule has 2 rings (SSSR count). The number of carbonyl (C=O) groups is 1. The molecule has 2 aromatic heterocycles. The third-order valence-corrected chi connectivity index (χ3v) is 2.10. The van der Waals surface area contributed by atoms with E-state index in [0.717, 1.165) is 0 Å². The lowest BCUT2D eigenvalue weighted by Gasteiger charge is -2.03. The summed E-state index contributed by atoms with van der Waals surface area (Å²) >= 11 is 0. The third-order valence-electron chi connectivity index (χ3n) is 2.10. The quantitative estimate of drug-likeness (QED) is 0.702. The van der Waals surface area contributed by atoms with Crippen LogP contribution in [0, 0.1) is 0 Å². The van der Waals surface area contributed by atoms with E-state index in [1.807, 2.05) is 0 Å². The van der Waals surface area contributed by atoms with Gasteiger partial charge in [-0.05, 0) is 19.1 Å². The predicted octanol–water partition coefficient (Wildman–Crippen LogP) is 0.871. The smallest absolute Gasteiger partial charge is 0.339 e. The first kappa shape index (κ1) is 10.4. The minimum absolute atomic E-state index is 0.226. The summed E-state index contributed by atoms with van der Waals surface area (Å²) in [4.78, 5) is 26.9. The number of aromatic nitrogens is 2. The summed E-state index contributed by atoms with van der Waals surface area (Å²) in [5, 5.41) is 0. The molecule has 0 N–H and O–H groups in total. The van der Waals surface area contributed by atoms with E-state index in [1.54, 1.807) is 19.1 Å². The lowest BCUT2D eigenvalue weighted by Crippen LogP contribution is -2.15. The molecule has 0 spiro atoms. The summed E-state index contributed by atoms with van der Waals surface area (Å²) in [5.41, 5.74) is 0.612. The van der Waals surface area contributed by atoms with Crippen molar-refractivity contribution in [3.05, 3.63) is 46.5 Å². The summed E-state index contributed by atoms with van der Waals surface area (Å²) in [6, 6.07) is 4.52. The largest absolute Gasteiger partial charge is 0.462 e. The normalized spacial score (nSPS) is 10.3. The van der Waals surface area contributed by atoms with Crippen molar-refractivity contribution in [2.45, 2.75) is 6.92 Å². The Kier molecular flexibility index (Phi) is 2.68. The van der Waals surface area contributed by atoms with E-state index in [9.17, 15) is 9.59 Å². The Morgan fingerprint density at radius 2 is 2.25 bits per heavy atom. The molecule has 0 aromatic carbocycles. The number of pyridine rings is 1. The molecule has 0 radical (unpaired) electrons. The first-order valence-corrected chi connectivity index (χ1v) is 4.87. The van der Waals surface area contributed by atoms with Gasteiger partial charge >= 0.3 is 5.97 Å². The van der Waals surface area contributed by atoms with Crippen LogP contribution in [0.4, 0.5) is 0 Å². The minimum atomic E-state index is -0.444. The Bertz CT molecular complexity index is 589. The zero-order valence-corrected chi connectivity index (χ0v) is 8.71. The van der Waals surface area contributed by atoms with Crippen LogP contribution >= 0.6 is 0 Å². The predicted molar refractivity (Wildman–Crippen MR) is 57.4 cm³/mol. The summed E-state index contributed by atoms with van der Waals surface area (Å²) in [7, 11) is 0. The average molecular weight is 218 g/mol. The maximum absolute atomic E-state index is 11.5. The summed E-state index contributed by atoms with van der Waals surface area (Å²) in [5.74, 6) is -0.444. The fraction of sp³-hybridized carbons (Fsp3) is 0.182. The highest BCUT2D eigenvalue weighted by atomic mass is 16.5. The first-order chi connectivity index (χ1) is 7.72. The number of esters is 1. The molecular weight excluding hydrogens is 208 g/mol. The molecule has 0 saturated carbocycles. The first-order valence-electron chi connectivity index (χ1n) is 4.87. The fourth-order valence-corrected chi connectivity index (χ4v) is 1.37. The number of carbonyl (C=O) groups excluding carboxylic acids is 1. The molecule has 16 heavy (non-hydrogen) atoms. The molecule has 0 amide bonds. The lowest BCUT2D eigenvalue weighted by atomic mass is 10.3. The molecule has 0 bridgehead atoms. The molecule has 0 aliphatic heterocycles. The average Bonchev–Trinajstić information content (AvgIpc) is 2.29. The van der Waals surface area contributed by atoms with E-state index in [0.29, 0.717) is 17.8 Å². The second-order valence-electron chi connectivity index (χ2n) is 3.15. The Labute approximate surface area is 91.3 Å². The molecule has 5 heteroatoms. The lowest BCUT2D eigenvalue weighted by molar-refractivity contribution is 0.0526. The number of nitrogens with zero attached hydrogens (tertiary/aromatic N) is 2. The van der Waals surface area contributed by atoms with E-state index < -0.39 is 5.97 Å². The van der Waals surface area contributed by atoms with Crippen molar-refractivity contribution >= 4 is 11.6 Å². The second kappa shape index (κ2) is 4.14. The van der Waals surface area contributed by atoms with E-state index in [-0.39, 0.29) is 5.56 Å². The Morgan fingerprint density at radius 1 is 1.44 bits per heavy atom. The second-order valence-corrected chi connectivity index (χ2v) is 3.15. The van der Waals surface area contributed by atoms with Gasteiger partial charge in [-0.3, -0.25) is 9.20 Å². The summed E-state index contributed by atoms with van der Waals surface area (Å²) in [6.07, 6.45) is 2.87. The SMILES string of the molecule is CCOC(=O)c1ccc2nccc(=O)n2c1. The Hall–Kier alpha value is -2.17. The molecule has 0 unspecified atom stereocenters. The van der Waals surface area contributed by atoms with Gasteiger partial charge < -0.3 is 4.74 Å². The van der Waals surface area contributed by atoms with Gasteiger partial charge in [0.25, 0.3) is 5.56 Å². The van der Waals surface area contributed by atoms with Crippen molar-refractivity contribution in [1.29, 1.82) is 0 Å². The van der Waals surface area contributed by atoms with Gasteiger partial charge in [0.1, 0.15) is 5.65 Å². The molecule has 0 aliphatic rings. The van der Waals surface area contributed by atoms with Crippen molar-refractivity contribution < 1.29 is 9.53 Å². The summed E-state index contributed by atoms with van der Waals surface area (Å²) in [6.45, 7) is 2.03. The van der Waals surface area contributed by atoms with Crippen LogP contribution in [0.1, 0.15) is 17.3 Å². The van der Waals surface area contributed by atoms with Crippen LogP contribution in [-0.2, 0) is 4.74 Å². The van der Waals surface area contributed by atoms with Crippen LogP contribution in [0.5, 0.6) is 0 Å². The van der Waals surface area contributed by atoms with Crippen molar-refractivity contribution in [3.8, 4) is 0 Å². The Balaban J connectivity index is 2.55. The zero-order chi connectivity index (χ0) is 11.5. The van der Waals surface area contributed by atoms with Crippen LogP contribution in [0.15, 0.2) is 35.4 Å². The van der Waals surface area contributed by atoms with Gasteiger partial charge in [-0.1, -0.05) is 0 Å². The van der Waals surface area contributed by atoms with Crippen LogP contribution in [0.2, 0.25) is 0 Å². The molecule has 0 fully saturated rings. The molecule has 0 aliphatic carbocycles. The van der Waals surface area contributed by atoms with Gasteiger partial charge in [-0.25, -0.2) is 9.78 Å². The number of rotatable bonds is 2. The minimum Gasteiger partial charge on any atom is -0.462 e. The van der Waals surface area contributed by atoms with E-state index >= 15 is 0 Å². The molecule has 82 valence electrons. The molecule has 0 atom stereocenters. The maximum Gasteiger partial charge on any atom is 0.339 e. The standard InChI is InChI=1S/C11H10N2O3/c1-2-16-11(15)8-3-4-9-12-6-5-10(14)13(9)7-8/h3-7H,2H2,1H3. The van der Waals surface area contributed by atoms with Gasteiger partial charge in [0.2, 0.25) is 0 Å². The van der Waals surface area contributed by atoms with Crippen molar-refractivity contribution in [2.75, 3.05) is 6.61 Å². The van der Waals surface area contributed by atoms with Gasteiger partial charge in [-0.15, -0.1) is 0 Å². The number of hydrogen-bond acceptors (Lipinski definition) is 4. The number of ether oxygens (including phenoxy) is 1. The van der Waals surface area contributed by atoms with Crippen LogP contribution < -0.4 is 5.56 Å². The van der Waals surface area contributed by atoms with E-state index in [2.05, 4.69) is 4.98 Å². The Morgan fingerprint density at radius 3 is 3.00 bits per heavy atom. The van der Waals surface area contributed by atoms with Gasteiger partial charge in [0, 0.05) is 18.5 Å². The molecular formula is C11H10N2O3. The topological polar surface area (TPSA) is 60.7 Å². The van der Waals surface area contributed by atoms with Crippen LogP contribution in [-0.4, -0.2) is 22.0 Å². The fourth-order valence-electron chi connectivity index (χ4n) is 1.37. The molecule has 2 heterocycles. The zero-order valence-electron chi connectivity index (χ0n) is 8.71. The molecule has 2 aromatic rings. The highest BCUT2D eigenvalue weighted by Gasteiger charge is 2.07. The molecule has 5 nitrogen and oxygen atoms in total. The van der Waals surface area contributed by atoms with Crippen LogP contribution in [0.3, 0.4) is 0 Å². The molecule has 0 saturated heterocycles. The van der Waals surface area contributed by atoms with Crippen molar-refractivity contribution in [3.63, 3.8) is 0 Å². The third kappa shape index (κ3) is 1.79. The van der Waals surface area contributed by atoms with E-state index in [1.165, 1.54) is 22.9 Å². The van der Waals surface area contributed by atoms with Gasteiger partial charge in [0.15, 0.2) is 0 Å². The number of fused-ring (bicyclic) bond motifs is 1. The monoisotopic (exact) mass is 218 g/mol. The van der Waals surface area contributed by atoms with Gasteiger partial charge in [0.05, 0.1) is 12.2 Å². The van der Waals surface area contributed by atoms with Crippen molar-refractivity contribution in [2.24, 2.45) is 0 Å². The van der Waals surface area contributed by atoms with Crippen molar-refractivity contribution in [1.82, 2.24) is 9.38 Å². The summed E-state index contributed by atoms with van der Waals surface area (Å²) < 4.78 is 6.15. The van der Waals surface area contributed by atoms with E-state index in [4.69, 9.17) is 4.74 Å².